The number of carbonyl (C=O) groups is 1. The molecule has 0 bridgehead atoms. The summed E-state index contributed by atoms with van der Waals surface area (Å²) in [6.07, 6.45) is 3.60. The van der Waals surface area contributed by atoms with Crippen molar-refractivity contribution in [2.75, 3.05) is 25.1 Å². The van der Waals surface area contributed by atoms with Crippen LogP contribution in [0.25, 0.3) is 0 Å². The molecule has 0 radical (unpaired) electrons. The Balaban J connectivity index is 1.50. The molecule has 1 amide bonds. The van der Waals surface area contributed by atoms with E-state index in [9.17, 15) is 4.79 Å². The molecular formula is C15H19N5O2. The Labute approximate surface area is 128 Å². The Morgan fingerprint density at radius 1 is 1.41 bits per heavy atom. The third-order valence-corrected chi connectivity index (χ3v) is 3.48. The Bertz CT molecular complexity index is 591. The molecule has 0 spiro atoms. The van der Waals surface area contributed by atoms with Crippen molar-refractivity contribution in [1.82, 2.24) is 20.1 Å². The lowest BCUT2D eigenvalue weighted by molar-refractivity contribution is -0.117. The first-order valence-corrected chi connectivity index (χ1v) is 7.32. The number of hydrogen-bond donors (Lipinski definition) is 2. The van der Waals surface area contributed by atoms with Crippen LogP contribution in [0.3, 0.4) is 0 Å². The SMILES string of the molecule is O=C(CC1COCCN1)Nc1ccc(Cn2cncn2)cc1. The van der Waals surface area contributed by atoms with E-state index in [1.165, 1.54) is 6.33 Å². The zero-order valence-electron chi connectivity index (χ0n) is 12.2. The fraction of sp³-hybridized carbons (Fsp3) is 0.400. The molecule has 1 aromatic carbocycles. The van der Waals surface area contributed by atoms with Gasteiger partial charge >= 0.3 is 0 Å². The van der Waals surface area contributed by atoms with E-state index in [-0.39, 0.29) is 11.9 Å². The molecule has 1 aliphatic rings. The minimum Gasteiger partial charge on any atom is -0.378 e. The normalized spacial score (nSPS) is 18.1. The van der Waals surface area contributed by atoms with Crippen LogP contribution in [-0.4, -0.2) is 46.5 Å². The van der Waals surface area contributed by atoms with Crippen LogP contribution in [0, 0.1) is 0 Å². The van der Waals surface area contributed by atoms with Crippen molar-refractivity contribution < 1.29 is 9.53 Å². The first-order valence-electron chi connectivity index (χ1n) is 7.32. The lowest BCUT2D eigenvalue weighted by atomic mass is 10.1. The van der Waals surface area contributed by atoms with Crippen molar-refractivity contribution in [2.24, 2.45) is 0 Å². The topological polar surface area (TPSA) is 81.1 Å². The maximum atomic E-state index is 12.0. The van der Waals surface area contributed by atoms with E-state index in [0.717, 1.165) is 17.8 Å². The van der Waals surface area contributed by atoms with Crippen molar-refractivity contribution >= 4 is 11.6 Å². The Hall–Kier alpha value is -2.25. The lowest BCUT2D eigenvalue weighted by Gasteiger charge is -2.23. The van der Waals surface area contributed by atoms with Gasteiger partial charge in [0, 0.05) is 24.7 Å². The number of nitrogens with zero attached hydrogens (tertiary/aromatic N) is 3. The zero-order chi connectivity index (χ0) is 15.2. The van der Waals surface area contributed by atoms with E-state index in [2.05, 4.69) is 20.7 Å². The predicted molar refractivity (Wildman–Crippen MR) is 81.4 cm³/mol. The molecule has 2 aromatic rings. The number of ether oxygens (including phenoxy) is 1. The molecule has 116 valence electrons. The molecule has 7 heteroatoms. The molecule has 1 fully saturated rings. The van der Waals surface area contributed by atoms with Crippen LogP contribution in [0.4, 0.5) is 5.69 Å². The largest absolute Gasteiger partial charge is 0.378 e. The number of anilines is 1. The molecule has 0 saturated carbocycles. The first-order chi connectivity index (χ1) is 10.8. The van der Waals surface area contributed by atoms with Crippen LogP contribution < -0.4 is 10.6 Å². The van der Waals surface area contributed by atoms with E-state index in [1.54, 1.807) is 11.0 Å². The smallest absolute Gasteiger partial charge is 0.226 e. The molecule has 2 N–H and O–H groups in total. The fourth-order valence-corrected chi connectivity index (χ4v) is 2.38. The maximum absolute atomic E-state index is 12.0. The van der Waals surface area contributed by atoms with Gasteiger partial charge in [0.05, 0.1) is 19.8 Å². The summed E-state index contributed by atoms with van der Waals surface area (Å²) < 4.78 is 7.10. The van der Waals surface area contributed by atoms with Gasteiger partial charge in [-0.2, -0.15) is 5.10 Å². The molecular weight excluding hydrogens is 282 g/mol. The summed E-state index contributed by atoms with van der Waals surface area (Å²) >= 11 is 0. The number of benzene rings is 1. The molecule has 2 heterocycles. The van der Waals surface area contributed by atoms with Gasteiger partial charge in [-0.1, -0.05) is 12.1 Å². The molecule has 22 heavy (non-hydrogen) atoms. The summed E-state index contributed by atoms with van der Waals surface area (Å²) in [5, 5.41) is 10.2. The van der Waals surface area contributed by atoms with Crippen molar-refractivity contribution in [3.63, 3.8) is 0 Å². The summed E-state index contributed by atoms with van der Waals surface area (Å²) in [4.78, 5) is 15.9. The highest BCUT2D eigenvalue weighted by Crippen LogP contribution is 2.11. The molecule has 1 aromatic heterocycles. The monoisotopic (exact) mass is 301 g/mol. The van der Waals surface area contributed by atoms with E-state index in [1.807, 2.05) is 24.3 Å². The van der Waals surface area contributed by atoms with Crippen molar-refractivity contribution in [3.8, 4) is 0 Å². The van der Waals surface area contributed by atoms with E-state index in [0.29, 0.717) is 26.2 Å². The molecule has 3 rings (SSSR count). The van der Waals surface area contributed by atoms with Gasteiger partial charge in [-0.15, -0.1) is 0 Å². The van der Waals surface area contributed by atoms with Crippen molar-refractivity contribution in [1.29, 1.82) is 0 Å². The van der Waals surface area contributed by atoms with Gasteiger partial charge < -0.3 is 15.4 Å². The maximum Gasteiger partial charge on any atom is 0.226 e. The second-order valence-electron chi connectivity index (χ2n) is 5.27. The first kappa shape index (κ1) is 14.7. The number of hydrogen-bond acceptors (Lipinski definition) is 5. The van der Waals surface area contributed by atoms with Crippen LogP contribution in [-0.2, 0) is 16.1 Å². The summed E-state index contributed by atoms with van der Waals surface area (Å²) in [5.41, 5.74) is 1.90. The predicted octanol–water partition coefficient (Wildman–Crippen LogP) is 0.643. The standard InChI is InChI=1S/C15H19N5O2/c21-15(7-14-9-22-6-5-17-14)19-13-3-1-12(2-4-13)8-20-11-16-10-18-20/h1-4,10-11,14,17H,5-9H2,(H,19,21). The minimum absolute atomic E-state index is 0.00738. The van der Waals surface area contributed by atoms with Crippen LogP contribution in [0.15, 0.2) is 36.9 Å². The Morgan fingerprint density at radius 3 is 2.95 bits per heavy atom. The quantitative estimate of drug-likeness (QED) is 0.847. The zero-order valence-corrected chi connectivity index (χ0v) is 12.2. The second kappa shape index (κ2) is 7.15. The van der Waals surface area contributed by atoms with Gasteiger partial charge in [0.1, 0.15) is 12.7 Å². The van der Waals surface area contributed by atoms with Gasteiger partial charge in [0.25, 0.3) is 0 Å². The molecule has 1 atom stereocenters. The molecule has 1 saturated heterocycles. The highest BCUT2D eigenvalue weighted by Gasteiger charge is 2.16. The average Bonchev–Trinajstić information content (AvgIpc) is 3.03. The van der Waals surface area contributed by atoms with Gasteiger partial charge in [-0.3, -0.25) is 4.79 Å². The molecule has 7 nitrogen and oxygen atoms in total. The highest BCUT2D eigenvalue weighted by atomic mass is 16.5. The van der Waals surface area contributed by atoms with Gasteiger partial charge in [-0.05, 0) is 17.7 Å². The third-order valence-electron chi connectivity index (χ3n) is 3.48. The average molecular weight is 301 g/mol. The Morgan fingerprint density at radius 2 is 2.27 bits per heavy atom. The van der Waals surface area contributed by atoms with Gasteiger partial charge in [0.15, 0.2) is 0 Å². The summed E-state index contributed by atoms with van der Waals surface area (Å²) in [7, 11) is 0. The van der Waals surface area contributed by atoms with Crippen molar-refractivity contribution in [2.45, 2.75) is 19.0 Å². The number of nitrogens with one attached hydrogen (secondary N) is 2. The van der Waals surface area contributed by atoms with Crippen LogP contribution >= 0.6 is 0 Å². The molecule has 1 aliphatic heterocycles. The number of amides is 1. The summed E-state index contributed by atoms with van der Waals surface area (Å²) in [6, 6.07) is 7.84. The Kier molecular flexibility index (Phi) is 4.77. The third kappa shape index (κ3) is 4.12. The summed E-state index contributed by atoms with van der Waals surface area (Å²) in [6.45, 7) is 2.77. The van der Waals surface area contributed by atoms with Gasteiger partial charge in [-0.25, -0.2) is 9.67 Å². The number of rotatable bonds is 5. The van der Waals surface area contributed by atoms with Crippen LogP contribution in [0.5, 0.6) is 0 Å². The highest BCUT2D eigenvalue weighted by molar-refractivity contribution is 5.91. The molecule has 0 aliphatic carbocycles. The van der Waals surface area contributed by atoms with E-state index >= 15 is 0 Å². The van der Waals surface area contributed by atoms with Gasteiger partial charge in [0.2, 0.25) is 5.91 Å². The minimum atomic E-state index is -0.00738. The second-order valence-corrected chi connectivity index (χ2v) is 5.27. The number of carbonyl (C=O) groups excluding carboxylic acids is 1. The number of aromatic nitrogens is 3. The summed E-state index contributed by atoms with van der Waals surface area (Å²) in [5.74, 6) is -0.00738. The van der Waals surface area contributed by atoms with Crippen molar-refractivity contribution in [3.05, 3.63) is 42.5 Å². The van der Waals surface area contributed by atoms with Crippen LogP contribution in [0.2, 0.25) is 0 Å². The fourth-order valence-electron chi connectivity index (χ4n) is 2.38. The molecule has 1 unspecified atom stereocenters. The van der Waals surface area contributed by atoms with E-state index < -0.39 is 0 Å². The van der Waals surface area contributed by atoms with Crippen LogP contribution in [0.1, 0.15) is 12.0 Å². The lowest BCUT2D eigenvalue weighted by Crippen LogP contribution is -2.43. The van der Waals surface area contributed by atoms with E-state index in [4.69, 9.17) is 4.74 Å². The number of morpholine rings is 1.